The molecule has 25 heavy (non-hydrogen) atoms. The fourth-order valence-electron chi connectivity index (χ4n) is 1.97. The molecule has 2 aromatic rings. The molecule has 1 heterocycles. The zero-order valence-corrected chi connectivity index (χ0v) is 16.8. The SMILES string of the molecule is CC(C)SCc1cc(=O)[nH]c(SCCCCOc2ccc(Cl)cc2)n1. The molecule has 1 aromatic carbocycles. The van der Waals surface area contributed by atoms with Gasteiger partial charge in [0, 0.05) is 22.6 Å². The van der Waals surface area contributed by atoms with Crippen molar-refractivity contribution in [2.45, 2.75) is 42.8 Å². The number of hydrogen-bond donors (Lipinski definition) is 1. The number of H-pyrrole nitrogens is 1. The van der Waals surface area contributed by atoms with E-state index in [4.69, 9.17) is 16.3 Å². The van der Waals surface area contributed by atoms with Gasteiger partial charge in [-0.2, -0.15) is 11.8 Å². The summed E-state index contributed by atoms with van der Waals surface area (Å²) >= 11 is 9.21. The maximum atomic E-state index is 11.7. The second kappa shape index (κ2) is 10.8. The van der Waals surface area contributed by atoms with Crippen LogP contribution >= 0.6 is 35.1 Å². The molecule has 2 rings (SSSR count). The minimum absolute atomic E-state index is 0.0806. The Kier molecular flexibility index (Phi) is 8.72. The van der Waals surface area contributed by atoms with Crippen LogP contribution in [-0.4, -0.2) is 27.6 Å². The summed E-state index contributed by atoms with van der Waals surface area (Å²) in [5.41, 5.74) is 0.763. The first-order chi connectivity index (χ1) is 12.0. The van der Waals surface area contributed by atoms with Gasteiger partial charge in [0.2, 0.25) is 0 Å². The highest BCUT2D eigenvalue weighted by atomic mass is 35.5. The van der Waals surface area contributed by atoms with Crippen molar-refractivity contribution in [2.24, 2.45) is 0 Å². The molecule has 1 N–H and O–H groups in total. The number of ether oxygens (including phenoxy) is 1. The molecule has 0 saturated heterocycles. The third-order valence-electron chi connectivity index (χ3n) is 3.20. The lowest BCUT2D eigenvalue weighted by atomic mass is 10.3. The van der Waals surface area contributed by atoms with E-state index in [0.717, 1.165) is 35.8 Å². The minimum atomic E-state index is -0.0806. The normalized spacial score (nSPS) is 11.0. The van der Waals surface area contributed by atoms with Crippen LogP contribution in [-0.2, 0) is 5.75 Å². The van der Waals surface area contributed by atoms with Crippen molar-refractivity contribution in [3.8, 4) is 5.75 Å². The van der Waals surface area contributed by atoms with E-state index < -0.39 is 0 Å². The van der Waals surface area contributed by atoms with Gasteiger partial charge in [-0.05, 0) is 42.4 Å². The highest BCUT2D eigenvalue weighted by Crippen LogP contribution is 2.19. The number of thioether (sulfide) groups is 2. The van der Waals surface area contributed by atoms with E-state index in [1.165, 1.54) is 0 Å². The number of nitrogens with one attached hydrogen (secondary N) is 1. The van der Waals surface area contributed by atoms with Gasteiger partial charge in [-0.15, -0.1) is 0 Å². The molecule has 0 unspecified atom stereocenters. The molecule has 0 fully saturated rings. The molecule has 0 amide bonds. The van der Waals surface area contributed by atoms with Crippen molar-refractivity contribution in [2.75, 3.05) is 12.4 Å². The number of nitrogens with zero attached hydrogens (tertiary/aromatic N) is 1. The number of aromatic amines is 1. The van der Waals surface area contributed by atoms with Crippen molar-refractivity contribution in [1.82, 2.24) is 9.97 Å². The largest absolute Gasteiger partial charge is 0.494 e. The first kappa shape index (κ1) is 20.2. The molecular weight excluding hydrogens is 376 g/mol. The van der Waals surface area contributed by atoms with Crippen LogP contribution in [0, 0.1) is 0 Å². The van der Waals surface area contributed by atoms with Gasteiger partial charge in [0.1, 0.15) is 5.75 Å². The molecule has 0 bridgehead atoms. The van der Waals surface area contributed by atoms with Crippen LogP contribution in [0.5, 0.6) is 5.75 Å². The third kappa shape index (κ3) is 8.21. The van der Waals surface area contributed by atoms with Gasteiger partial charge in [0.25, 0.3) is 5.56 Å². The molecule has 136 valence electrons. The van der Waals surface area contributed by atoms with Gasteiger partial charge in [-0.25, -0.2) is 4.98 Å². The number of unbranched alkanes of at least 4 members (excludes halogenated alkanes) is 1. The summed E-state index contributed by atoms with van der Waals surface area (Å²) in [7, 11) is 0. The van der Waals surface area contributed by atoms with E-state index in [9.17, 15) is 4.79 Å². The van der Waals surface area contributed by atoms with E-state index in [1.807, 2.05) is 24.3 Å². The number of halogens is 1. The second-order valence-corrected chi connectivity index (χ2v) is 8.84. The Morgan fingerprint density at radius 1 is 1.24 bits per heavy atom. The summed E-state index contributed by atoms with van der Waals surface area (Å²) in [6.07, 6.45) is 1.94. The van der Waals surface area contributed by atoms with Crippen molar-refractivity contribution in [3.05, 3.63) is 51.4 Å². The molecule has 0 radical (unpaired) electrons. The lowest BCUT2D eigenvalue weighted by Crippen LogP contribution is -2.10. The Morgan fingerprint density at radius 3 is 2.72 bits per heavy atom. The van der Waals surface area contributed by atoms with E-state index in [1.54, 1.807) is 29.6 Å². The van der Waals surface area contributed by atoms with Crippen LogP contribution in [0.4, 0.5) is 0 Å². The Morgan fingerprint density at radius 2 is 2.00 bits per heavy atom. The molecule has 7 heteroatoms. The zero-order chi connectivity index (χ0) is 18.1. The molecule has 0 aliphatic heterocycles. The predicted molar refractivity (Wildman–Crippen MR) is 108 cm³/mol. The number of hydrogen-bond acceptors (Lipinski definition) is 5. The van der Waals surface area contributed by atoms with E-state index in [-0.39, 0.29) is 5.56 Å². The lowest BCUT2D eigenvalue weighted by Gasteiger charge is -2.07. The average Bonchev–Trinajstić information content (AvgIpc) is 2.57. The van der Waals surface area contributed by atoms with Crippen molar-refractivity contribution in [3.63, 3.8) is 0 Å². The number of rotatable bonds is 10. The van der Waals surface area contributed by atoms with E-state index in [2.05, 4.69) is 23.8 Å². The number of benzene rings is 1. The summed E-state index contributed by atoms with van der Waals surface area (Å²) in [5.74, 6) is 2.50. The molecule has 1 aromatic heterocycles. The van der Waals surface area contributed by atoms with Crippen LogP contribution in [0.15, 0.2) is 40.3 Å². The van der Waals surface area contributed by atoms with Gasteiger partial charge in [-0.1, -0.05) is 37.2 Å². The fraction of sp³-hybridized carbons (Fsp3) is 0.444. The average molecular weight is 399 g/mol. The second-order valence-electron chi connectivity index (χ2n) is 5.76. The standard InChI is InChI=1S/C18H23ClN2O2S2/c1-13(2)25-12-15-11-17(22)21-18(20-15)24-10-4-3-9-23-16-7-5-14(19)6-8-16/h5-8,11,13H,3-4,9-10,12H2,1-2H3,(H,20,21,22). The van der Waals surface area contributed by atoms with Crippen LogP contribution in [0.1, 0.15) is 32.4 Å². The first-order valence-corrected chi connectivity index (χ1v) is 10.7. The smallest absolute Gasteiger partial charge is 0.251 e. The quantitative estimate of drug-likeness (QED) is 0.346. The van der Waals surface area contributed by atoms with E-state index >= 15 is 0 Å². The highest BCUT2D eigenvalue weighted by molar-refractivity contribution is 7.99. The summed E-state index contributed by atoms with van der Waals surface area (Å²) in [6.45, 7) is 4.94. The van der Waals surface area contributed by atoms with Crippen LogP contribution in [0.2, 0.25) is 5.02 Å². The van der Waals surface area contributed by atoms with Gasteiger partial charge < -0.3 is 9.72 Å². The Balaban J connectivity index is 1.68. The van der Waals surface area contributed by atoms with Crippen LogP contribution in [0.3, 0.4) is 0 Å². The Bertz CT molecular complexity index is 705. The van der Waals surface area contributed by atoms with E-state index in [0.29, 0.717) is 22.0 Å². The lowest BCUT2D eigenvalue weighted by molar-refractivity contribution is 0.310. The van der Waals surface area contributed by atoms with Gasteiger partial charge in [0.15, 0.2) is 5.16 Å². The highest BCUT2D eigenvalue weighted by Gasteiger charge is 2.04. The van der Waals surface area contributed by atoms with Crippen molar-refractivity contribution >= 4 is 35.1 Å². The molecule has 0 aliphatic rings. The molecule has 0 spiro atoms. The summed E-state index contributed by atoms with van der Waals surface area (Å²) in [6, 6.07) is 8.96. The van der Waals surface area contributed by atoms with Gasteiger partial charge >= 0.3 is 0 Å². The molecular formula is C18H23ClN2O2S2. The summed E-state index contributed by atoms with van der Waals surface area (Å²) in [4.78, 5) is 19.0. The molecule has 4 nitrogen and oxygen atoms in total. The summed E-state index contributed by atoms with van der Waals surface area (Å²) < 4.78 is 5.66. The third-order valence-corrected chi connectivity index (χ3v) is 5.54. The van der Waals surface area contributed by atoms with Crippen LogP contribution in [0.25, 0.3) is 0 Å². The minimum Gasteiger partial charge on any atom is -0.494 e. The summed E-state index contributed by atoms with van der Waals surface area (Å²) in [5, 5.41) is 1.93. The van der Waals surface area contributed by atoms with Crippen molar-refractivity contribution < 1.29 is 4.74 Å². The topological polar surface area (TPSA) is 55.0 Å². The molecule has 0 saturated carbocycles. The first-order valence-electron chi connectivity index (χ1n) is 8.26. The Labute approximate surface area is 162 Å². The number of aromatic nitrogens is 2. The zero-order valence-electron chi connectivity index (χ0n) is 14.5. The van der Waals surface area contributed by atoms with Gasteiger partial charge in [0.05, 0.1) is 12.3 Å². The fourth-order valence-corrected chi connectivity index (χ4v) is 3.65. The maximum Gasteiger partial charge on any atom is 0.251 e. The molecule has 0 aliphatic carbocycles. The monoisotopic (exact) mass is 398 g/mol. The predicted octanol–water partition coefficient (Wildman–Crippen LogP) is 5.02. The van der Waals surface area contributed by atoms with Crippen LogP contribution < -0.4 is 10.3 Å². The maximum absolute atomic E-state index is 11.7. The van der Waals surface area contributed by atoms with Crippen molar-refractivity contribution in [1.29, 1.82) is 0 Å². The molecule has 0 atom stereocenters. The Hall–Kier alpha value is -1.11. The van der Waals surface area contributed by atoms with Gasteiger partial charge in [-0.3, -0.25) is 4.79 Å².